The second-order valence-electron chi connectivity index (χ2n) is 6.09. The van der Waals surface area contributed by atoms with Gasteiger partial charge in [0.25, 0.3) is 0 Å². The molecular weight excluding hydrogens is 427 g/mol. The van der Waals surface area contributed by atoms with Crippen LogP contribution < -0.4 is 20.2 Å². The number of benzene rings is 3. The molecule has 0 aromatic heterocycles. The first-order valence-electron chi connectivity index (χ1n) is 8.83. The zero-order valence-electron chi connectivity index (χ0n) is 15.5. The molecule has 0 radical (unpaired) electrons. The van der Waals surface area contributed by atoms with Gasteiger partial charge >= 0.3 is 6.02 Å². The first-order valence-corrected chi connectivity index (χ1v) is 9.70. The Morgan fingerprint density at radius 3 is 2.60 bits per heavy atom. The molecule has 3 aromatic rings. The van der Waals surface area contributed by atoms with Crippen LogP contribution >= 0.6 is 23.2 Å². The fraction of sp³-hybridized carbons (Fsp3) is 0.100. The summed E-state index contributed by atoms with van der Waals surface area (Å²) in [6.45, 7) is 3.33. The predicted octanol–water partition coefficient (Wildman–Crippen LogP) is 4.02. The van der Waals surface area contributed by atoms with E-state index in [1.54, 1.807) is 0 Å². The molecule has 0 unspecified atom stereocenters. The summed E-state index contributed by atoms with van der Waals surface area (Å²) in [6.07, 6.45) is 2.77. The first-order chi connectivity index (χ1) is 14.6. The quantitative estimate of drug-likeness (QED) is 0.150. The van der Waals surface area contributed by atoms with Crippen molar-refractivity contribution in [2.45, 2.75) is 11.2 Å². The Bertz CT molecular complexity index is 1180. The second kappa shape index (κ2) is 8.98. The van der Waals surface area contributed by atoms with Crippen LogP contribution in [-0.2, 0) is 0 Å². The van der Waals surface area contributed by atoms with Crippen molar-refractivity contribution in [3.8, 4) is 11.5 Å². The van der Waals surface area contributed by atoms with E-state index >= 15 is 0 Å². The van der Waals surface area contributed by atoms with Gasteiger partial charge in [0.2, 0.25) is 5.62 Å². The molecule has 152 valence electrons. The number of amidine groups is 1. The molecular formula is C20H16Cl2N6O2. The van der Waals surface area contributed by atoms with Crippen LogP contribution in [0.25, 0.3) is 21.5 Å². The fourth-order valence-electron chi connectivity index (χ4n) is 2.86. The van der Waals surface area contributed by atoms with E-state index in [1.807, 2.05) is 48.5 Å². The zero-order chi connectivity index (χ0) is 20.9. The molecule has 1 aliphatic rings. The maximum absolute atomic E-state index is 5.96. The number of aliphatic imine (C=N–C) groups is 3. The molecule has 4 rings (SSSR count). The number of ether oxygens (including phenoxy) is 1. The third-order valence-electron chi connectivity index (χ3n) is 4.19. The molecule has 0 saturated carbocycles. The average molecular weight is 443 g/mol. The Kier molecular flexibility index (Phi) is 5.97. The number of halogens is 2. The average Bonchev–Trinajstić information content (AvgIpc) is 2.75. The lowest BCUT2D eigenvalue weighted by atomic mass is 10.0. The minimum atomic E-state index is -0.679. The second-order valence-corrected chi connectivity index (χ2v) is 6.92. The summed E-state index contributed by atoms with van der Waals surface area (Å²) >= 11 is 11.7. The van der Waals surface area contributed by atoms with Crippen molar-refractivity contribution < 1.29 is 9.57 Å². The van der Waals surface area contributed by atoms with Gasteiger partial charge < -0.3 is 20.2 Å². The lowest BCUT2D eigenvalue weighted by Crippen LogP contribution is -2.27. The summed E-state index contributed by atoms with van der Waals surface area (Å²) in [5.41, 5.74) is -1.30. The highest BCUT2D eigenvalue weighted by Gasteiger charge is 2.13. The Morgan fingerprint density at radius 2 is 1.87 bits per heavy atom. The summed E-state index contributed by atoms with van der Waals surface area (Å²) in [6, 6.07) is 15.6. The maximum Gasteiger partial charge on any atom is 0.321 e. The lowest BCUT2D eigenvalue weighted by Gasteiger charge is -2.14. The Hall–Kier alpha value is -3.36. The van der Waals surface area contributed by atoms with Crippen molar-refractivity contribution in [3.63, 3.8) is 0 Å². The molecule has 8 nitrogen and oxygen atoms in total. The number of nitrogens with one attached hydrogen (secondary N) is 2. The number of nitrogens with zero attached hydrogens (tertiary/aromatic N) is 4. The molecule has 2 N–H and O–H groups in total. The van der Waals surface area contributed by atoms with E-state index < -0.39 is 11.2 Å². The number of oxime groups is 1. The summed E-state index contributed by atoms with van der Waals surface area (Å²) in [5, 5.41) is 13.0. The zero-order valence-corrected chi connectivity index (χ0v) is 17.0. The van der Waals surface area contributed by atoms with Gasteiger partial charge in [0.15, 0.2) is 11.4 Å². The van der Waals surface area contributed by atoms with Crippen molar-refractivity contribution in [2.75, 3.05) is 0 Å². The van der Waals surface area contributed by atoms with Crippen molar-refractivity contribution >= 4 is 70.2 Å². The van der Waals surface area contributed by atoms with E-state index in [-0.39, 0.29) is 6.02 Å². The van der Waals surface area contributed by atoms with Crippen molar-refractivity contribution in [1.82, 2.24) is 10.6 Å². The van der Waals surface area contributed by atoms with Crippen LogP contribution in [0.2, 0.25) is 0 Å². The van der Waals surface area contributed by atoms with Gasteiger partial charge in [0.05, 0.1) is 6.34 Å². The van der Waals surface area contributed by atoms with Gasteiger partial charge in [-0.15, -0.1) is 0 Å². The topological polar surface area (TPSA) is 92.0 Å². The molecule has 0 spiro atoms. The third kappa shape index (κ3) is 4.45. The molecule has 1 aliphatic heterocycles. The standard InChI is InChI=1S/C20H16Cl2N6O2/c1-23-18(21)25-11-27-30-17-7-3-5-13-8-12-4-2-6-16(14(12)9-15(13)17)29-20-26-10-24-19(22)28-20/h2-11,18-19H,1H2,(H,25,27)(H,24,26,28)/t18-,19+/m1/s1. The molecule has 1 heterocycles. The van der Waals surface area contributed by atoms with Crippen LogP contribution in [-0.4, -0.2) is 36.7 Å². The SMILES string of the molecule is C=N[C@@H](Cl)N/C=N\Oc1cccc2cc3cccc(OC4=N[C@@H](Cl)NC=N4)c3cc12. The van der Waals surface area contributed by atoms with E-state index in [2.05, 4.69) is 37.5 Å². The van der Waals surface area contributed by atoms with Crippen LogP contribution in [0, 0.1) is 0 Å². The molecule has 0 aliphatic carbocycles. The van der Waals surface area contributed by atoms with Gasteiger partial charge in [0.1, 0.15) is 12.1 Å². The van der Waals surface area contributed by atoms with Crippen molar-refractivity contribution in [3.05, 3.63) is 48.5 Å². The highest BCUT2D eigenvalue weighted by Crippen LogP contribution is 2.34. The number of hydrogen-bond acceptors (Lipinski definition) is 7. The van der Waals surface area contributed by atoms with Crippen LogP contribution in [0.3, 0.4) is 0 Å². The number of fused-ring (bicyclic) bond motifs is 2. The molecule has 0 amide bonds. The Balaban J connectivity index is 1.69. The predicted molar refractivity (Wildman–Crippen MR) is 122 cm³/mol. The molecule has 3 aromatic carbocycles. The molecule has 0 saturated heterocycles. The largest absolute Gasteiger partial charge is 0.424 e. The normalized spacial score (nSPS) is 16.9. The first kappa shape index (κ1) is 19.9. The van der Waals surface area contributed by atoms with Gasteiger partial charge in [-0.05, 0) is 41.8 Å². The van der Waals surface area contributed by atoms with Crippen LogP contribution in [0.5, 0.6) is 11.5 Å². The number of hydrogen-bond donors (Lipinski definition) is 2. The molecule has 0 bridgehead atoms. The molecule has 0 fully saturated rings. The van der Waals surface area contributed by atoms with E-state index in [1.165, 1.54) is 12.7 Å². The molecule has 10 heteroatoms. The maximum atomic E-state index is 5.96. The van der Waals surface area contributed by atoms with Crippen molar-refractivity contribution in [1.29, 1.82) is 0 Å². The van der Waals surface area contributed by atoms with E-state index in [4.69, 9.17) is 32.8 Å². The minimum absolute atomic E-state index is 0.174. The smallest absolute Gasteiger partial charge is 0.321 e. The highest BCUT2D eigenvalue weighted by molar-refractivity contribution is 6.22. The monoisotopic (exact) mass is 442 g/mol. The van der Waals surface area contributed by atoms with Gasteiger partial charge in [-0.2, -0.15) is 9.98 Å². The van der Waals surface area contributed by atoms with Crippen LogP contribution in [0.4, 0.5) is 0 Å². The van der Waals surface area contributed by atoms with E-state index in [9.17, 15) is 0 Å². The van der Waals surface area contributed by atoms with Crippen LogP contribution in [0.15, 0.2) is 68.7 Å². The summed E-state index contributed by atoms with van der Waals surface area (Å²) in [5.74, 6) is 1.16. The highest BCUT2D eigenvalue weighted by atomic mass is 35.5. The number of rotatable bonds is 6. The summed E-state index contributed by atoms with van der Waals surface area (Å²) in [4.78, 5) is 17.3. The van der Waals surface area contributed by atoms with Crippen molar-refractivity contribution in [2.24, 2.45) is 20.1 Å². The van der Waals surface area contributed by atoms with Gasteiger partial charge in [-0.1, -0.05) is 52.6 Å². The third-order valence-corrected chi connectivity index (χ3v) is 4.68. The minimum Gasteiger partial charge on any atom is -0.424 e. The fourth-order valence-corrected chi connectivity index (χ4v) is 3.06. The Morgan fingerprint density at radius 1 is 1.13 bits per heavy atom. The summed E-state index contributed by atoms with van der Waals surface area (Å²) < 4.78 is 5.88. The Labute approximate surface area is 181 Å². The van der Waals surface area contributed by atoms with Gasteiger partial charge in [-0.25, -0.2) is 0 Å². The van der Waals surface area contributed by atoms with Gasteiger partial charge in [-0.3, -0.25) is 4.99 Å². The van der Waals surface area contributed by atoms with Gasteiger partial charge in [0, 0.05) is 10.8 Å². The van der Waals surface area contributed by atoms with E-state index in [0.29, 0.717) is 11.5 Å². The van der Waals surface area contributed by atoms with Crippen LogP contribution in [0.1, 0.15) is 0 Å². The van der Waals surface area contributed by atoms with E-state index in [0.717, 1.165) is 21.5 Å². The lowest BCUT2D eigenvalue weighted by molar-refractivity contribution is 0.346. The number of alkyl halides is 2. The molecule has 2 atom stereocenters. The molecule has 30 heavy (non-hydrogen) atoms. The summed E-state index contributed by atoms with van der Waals surface area (Å²) in [7, 11) is 0.